The molecule has 1 N–H and O–H groups in total. The monoisotopic (exact) mass is 295 g/mol. The molecule has 0 bridgehead atoms. The Morgan fingerprint density at radius 2 is 2.20 bits per heavy atom. The van der Waals surface area contributed by atoms with Gasteiger partial charge in [-0.3, -0.25) is 4.72 Å². The summed E-state index contributed by atoms with van der Waals surface area (Å²) >= 11 is 0. The molecule has 1 aromatic heterocycles. The van der Waals surface area contributed by atoms with Crippen LogP contribution >= 0.6 is 0 Å². The third kappa shape index (κ3) is 2.98. The fraction of sp³-hybridized carbons (Fsp3) is 0.308. The molecule has 106 valence electrons. The summed E-state index contributed by atoms with van der Waals surface area (Å²) in [6.45, 7) is 0. The molecule has 20 heavy (non-hydrogen) atoms. The van der Waals surface area contributed by atoms with Crippen LogP contribution in [0.15, 0.2) is 43.0 Å². The molecule has 3 rings (SSSR count). The van der Waals surface area contributed by atoms with Crippen LogP contribution in [-0.2, 0) is 10.0 Å². The van der Waals surface area contributed by atoms with Crippen LogP contribution < -0.4 is 4.72 Å². The average Bonchev–Trinajstić information content (AvgIpc) is 2.91. The topological polar surface area (TPSA) is 64.0 Å². The Morgan fingerprint density at radius 3 is 2.85 bits per heavy atom. The quantitative estimate of drug-likeness (QED) is 0.919. The lowest BCUT2D eigenvalue weighted by molar-refractivity contribution is 0.341. The molecule has 0 atom stereocenters. The number of aromatic nitrogens is 2. The number of rotatable bonds is 5. The minimum atomic E-state index is -3.67. The molecule has 1 aromatic carbocycles. The van der Waals surface area contributed by atoms with Gasteiger partial charge in [-0.05, 0) is 31.0 Å². The summed E-state index contributed by atoms with van der Waals surface area (Å²) in [6.07, 6.45) is 5.66. The van der Waals surface area contributed by atoms with Crippen molar-refractivity contribution >= 4 is 15.7 Å². The summed E-state index contributed by atoms with van der Waals surface area (Å²) < 4.78 is 41.5. The largest absolute Gasteiger partial charge is 0.306 e. The van der Waals surface area contributed by atoms with Gasteiger partial charge in [-0.1, -0.05) is 6.07 Å². The van der Waals surface area contributed by atoms with Crippen molar-refractivity contribution in [1.82, 2.24) is 9.55 Å². The van der Waals surface area contributed by atoms with Crippen LogP contribution in [0, 0.1) is 0 Å². The molecule has 0 aliphatic heterocycles. The molecule has 1 heterocycles. The summed E-state index contributed by atoms with van der Waals surface area (Å²) in [7, 11) is -3.67. The van der Waals surface area contributed by atoms with E-state index in [0.29, 0.717) is 18.5 Å². The van der Waals surface area contributed by atoms with Crippen LogP contribution in [0.25, 0.3) is 5.69 Å². The second-order valence-electron chi connectivity index (χ2n) is 5.03. The smallest absolute Gasteiger partial charge is 0.235 e. The molecule has 0 saturated heterocycles. The molecule has 0 unspecified atom stereocenters. The number of halogens is 1. The minimum absolute atomic E-state index is 0.322. The van der Waals surface area contributed by atoms with Gasteiger partial charge >= 0.3 is 0 Å². The van der Waals surface area contributed by atoms with Crippen molar-refractivity contribution in [3.05, 3.63) is 43.0 Å². The summed E-state index contributed by atoms with van der Waals surface area (Å²) in [5.74, 6) is -0.477. The number of imidazole rings is 1. The lowest BCUT2D eigenvalue weighted by Gasteiger charge is -2.11. The fourth-order valence-electron chi connectivity index (χ4n) is 1.98. The first-order valence-electron chi connectivity index (χ1n) is 6.24. The highest BCUT2D eigenvalue weighted by Gasteiger charge is 2.47. The number of nitrogens with one attached hydrogen (secondary N) is 1. The molecule has 5 nitrogen and oxygen atoms in total. The van der Waals surface area contributed by atoms with Gasteiger partial charge in [0.05, 0.1) is 12.0 Å². The van der Waals surface area contributed by atoms with Gasteiger partial charge in [-0.15, -0.1) is 0 Å². The first-order valence-corrected chi connectivity index (χ1v) is 7.89. The summed E-state index contributed by atoms with van der Waals surface area (Å²) in [4.78, 5) is 3.93. The zero-order valence-electron chi connectivity index (χ0n) is 10.7. The van der Waals surface area contributed by atoms with Gasteiger partial charge in [-0.2, -0.15) is 0 Å². The second kappa shape index (κ2) is 4.59. The summed E-state index contributed by atoms with van der Waals surface area (Å²) in [5.41, 5.74) is -0.335. The van der Waals surface area contributed by atoms with E-state index >= 15 is 0 Å². The molecule has 1 aliphatic carbocycles. The SMILES string of the molecule is O=S(=O)(CC1(F)CC1)Nc1cccc(-n2ccnc2)c1. The number of benzene rings is 1. The zero-order chi connectivity index (χ0) is 14.2. The molecule has 1 aliphatic rings. The Bertz CT molecular complexity index is 709. The number of sulfonamides is 1. The molecule has 7 heteroatoms. The molecular weight excluding hydrogens is 281 g/mol. The maximum Gasteiger partial charge on any atom is 0.235 e. The predicted molar refractivity (Wildman–Crippen MR) is 74.0 cm³/mol. The van der Waals surface area contributed by atoms with E-state index in [2.05, 4.69) is 9.71 Å². The lowest BCUT2D eigenvalue weighted by Crippen LogP contribution is -2.24. The molecule has 0 radical (unpaired) electrons. The highest BCUT2D eigenvalue weighted by molar-refractivity contribution is 7.92. The van der Waals surface area contributed by atoms with Gasteiger partial charge in [0.1, 0.15) is 11.4 Å². The number of alkyl halides is 1. The van der Waals surface area contributed by atoms with Gasteiger partial charge in [0, 0.05) is 18.1 Å². The summed E-state index contributed by atoms with van der Waals surface area (Å²) in [6, 6.07) is 6.87. The Kier molecular flexibility index (Phi) is 3.01. The number of nitrogens with zero attached hydrogens (tertiary/aromatic N) is 2. The van der Waals surface area contributed by atoms with Crippen LogP contribution in [0.2, 0.25) is 0 Å². The van der Waals surface area contributed by atoms with Crippen molar-refractivity contribution in [2.75, 3.05) is 10.5 Å². The highest BCUT2D eigenvalue weighted by atomic mass is 32.2. The second-order valence-corrected chi connectivity index (χ2v) is 6.75. The van der Waals surface area contributed by atoms with E-state index in [4.69, 9.17) is 0 Å². The van der Waals surface area contributed by atoms with E-state index in [9.17, 15) is 12.8 Å². The van der Waals surface area contributed by atoms with Gasteiger partial charge in [-0.25, -0.2) is 17.8 Å². The first-order chi connectivity index (χ1) is 9.46. The molecule has 0 spiro atoms. The van der Waals surface area contributed by atoms with E-state index in [0.717, 1.165) is 5.69 Å². The molecule has 1 saturated carbocycles. The standard InChI is InChI=1S/C13H14FN3O2S/c14-13(4-5-13)9-20(18,19)16-11-2-1-3-12(8-11)17-7-6-15-10-17/h1-3,6-8,10,16H,4-5,9H2. The van der Waals surface area contributed by atoms with Gasteiger partial charge in [0.15, 0.2) is 0 Å². The van der Waals surface area contributed by atoms with Crippen molar-refractivity contribution in [1.29, 1.82) is 0 Å². The van der Waals surface area contributed by atoms with E-state index in [1.54, 1.807) is 41.5 Å². The van der Waals surface area contributed by atoms with E-state index < -0.39 is 21.4 Å². The third-order valence-corrected chi connectivity index (χ3v) is 4.61. The Balaban J connectivity index is 1.79. The maximum atomic E-state index is 13.6. The molecule has 0 amide bonds. The van der Waals surface area contributed by atoms with Crippen molar-refractivity contribution in [3.63, 3.8) is 0 Å². The minimum Gasteiger partial charge on any atom is -0.306 e. The number of anilines is 1. The summed E-state index contributed by atoms with van der Waals surface area (Å²) in [5, 5.41) is 0. The van der Waals surface area contributed by atoms with Crippen molar-refractivity contribution in [2.45, 2.75) is 18.5 Å². The van der Waals surface area contributed by atoms with E-state index in [1.807, 2.05) is 6.07 Å². The van der Waals surface area contributed by atoms with Gasteiger partial charge in [0.25, 0.3) is 0 Å². The van der Waals surface area contributed by atoms with E-state index in [1.165, 1.54) is 0 Å². The number of hydrogen-bond donors (Lipinski definition) is 1. The lowest BCUT2D eigenvalue weighted by atomic mass is 10.3. The normalized spacial score (nSPS) is 16.9. The zero-order valence-corrected chi connectivity index (χ0v) is 11.5. The van der Waals surface area contributed by atoms with Crippen LogP contribution in [0.5, 0.6) is 0 Å². The molecular formula is C13H14FN3O2S. The average molecular weight is 295 g/mol. The van der Waals surface area contributed by atoms with E-state index in [-0.39, 0.29) is 0 Å². The fourth-order valence-corrected chi connectivity index (χ4v) is 3.51. The Labute approximate surface area is 116 Å². The van der Waals surface area contributed by atoms with Crippen LogP contribution in [0.4, 0.5) is 10.1 Å². The van der Waals surface area contributed by atoms with Gasteiger partial charge in [0.2, 0.25) is 10.0 Å². The first kappa shape index (κ1) is 13.1. The van der Waals surface area contributed by atoms with Crippen LogP contribution in [0.3, 0.4) is 0 Å². The Hall–Kier alpha value is -1.89. The Morgan fingerprint density at radius 1 is 1.40 bits per heavy atom. The third-order valence-electron chi connectivity index (χ3n) is 3.16. The highest BCUT2D eigenvalue weighted by Crippen LogP contribution is 2.41. The molecule has 1 fully saturated rings. The van der Waals surface area contributed by atoms with Crippen molar-refractivity contribution < 1.29 is 12.8 Å². The maximum absolute atomic E-state index is 13.6. The number of hydrogen-bond acceptors (Lipinski definition) is 3. The van der Waals surface area contributed by atoms with Crippen molar-refractivity contribution in [2.24, 2.45) is 0 Å². The molecule has 2 aromatic rings. The predicted octanol–water partition coefficient (Wildman–Crippen LogP) is 2.12. The van der Waals surface area contributed by atoms with Crippen LogP contribution in [0.1, 0.15) is 12.8 Å². The van der Waals surface area contributed by atoms with Crippen LogP contribution in [-0.4, -0.2) is 29.4 Å². The van der Waals surface area contributed by atoms with Gasteiger partial charge < -0.3 is 4.57 Å². The van der Waals surface area contributed by atoms with Crippen molar-refractivity contribution in [3.8, 4) is 5.69 Å².